The molecule has 1 N–H and O–H groups in total. The van der Waals surface area contributed by atoms with Crippen LogP contribution in [-0.4, -0.2) is 27.1 Å². The fraction of sp³-hybridized carbons (Fsp3) is 0.0769. The normalized spacial score (nSPS) is 11.5. The Kier molecular flexibility index (Phi) is 7.67. The third-order valence-electron chi connectivity index (χ3n) is 4.95. The summed E-state index contributed by atoms with van der Waals surface area (Å²) in [6.07, 6.45) is 1.46. The number of hydrogen-bond acceptors (Lipinski definition) is 6. The molecular formula is C26H21IN2O5S. The topological polar surface area (TPSA) is 94.1 Å². The van der Waals surface area contributed by atoms with E-state index < -0.39 is 10.1 Å². The van der Waals surface area contributed by atoms with Crippen molar-refractivity contribution in [3.8, 4) is 11.5 Å². The zero-order valence-corrected chi connectivity index (χ0v) is 21.6. The van der Waals surface area contributed by atoms with Crippen LogP contribution in [0.5, 0.6) is 11.5 Å². The van der Waals surface area contributed by atoms with E-state index in [-0.39, 0.29) is 22.3 Å². The van der Waals surface area contributed by atoms with Gasteiger partial charge in [-0.2, -0.15) is 13.5 Å². The van der Waals surface area contributed by atoms with E-state index in [4.69, 9.17) is 8.92 Å². The van der Waals surface area contributed by atoms with Gasteiger partial charge >= 0.3 is 10.1 Å². The summed E-state index contributed by atoms with van der Waals surface area (Å²) >= 11 is 1.97. The molecule has 35 heavy (non-hydrogen) atoms. The van der Waals surface area contributed by atoms with Crippen molar-refractivity contribution in [3.05, 3.63) is 99.6 Å². The molecule has 0 unspecified atom stereocenters. The van der Waals surface area contributed by atoms with E-state index in [1.807, 2.05) is 52.9 Å². The molecule has 4 aromatic rings. The second-order valence-electron chi connectivity index (χ2n) is 7.37. The van der Waals surface area contributed by atoms with Crippen molar-refractivity contribution < 1.29 is 22.1 Å². The zero-order valence-electron chi connectivity index (χ0n) is 18.6. The third kappa shape index (κ3) is 5.98. The first kappa shape index (κ1) is 24.7. The highest BCUT2D eigenvalue weighted by Crippen LogP contribution is 2.36. The Morgan fingerprint density at radius 3 is 2.43 bits per heavy atom. The van der Waals surface area contributed by atoms with E-state index in [1.165, 1.54) is 18.3 Å². The minimum absolute atomic E-state index is 0.0419. The van der Waals surface area contributed by atoms with Crippen LogP contribution in [0.3, 0.4) is 0 Å². The van der Waals surface area contributed by atoms with Gasteiger partial charge in [0.15, 0.2) is 11.5 Å². The standard InChI is InChI=1S/C26H21IN2O5S/c1-2-33-24-15-18(14-23(27)25(24)34-35(31,32)22-10-4-3-5-11-22)17-28-29-26(30)21-13-12-19-8-6-7-9-20(19)16-21/h3-17H,2H2,1H3,(H,29,30)/b28-17-. The predicted octanol–water partition coefficient (Wildman–Crippen LogP) is 5.37. The molecule has 9 heteroatoms. The van der Waals surface area contributed by atoms with Crippen LogP contribution < -0.4 is 14.3 Å². The Balaban J connectivity index is 1.53. The average Bonchev–Trinajstić information content (AvgIpc) is 2.86. The lowest BCUT2D eigenvalue weighted by Crippen LogP contribution is -2.17. The maximum absolute atomic E-state index is 12.7. The van der Waals surface area contributed by atoms with Gasteiger partial charge in [0, 0.05) is 5.56 Å². The van der Waals surface area contributed by atoms with Gasteiger partial charge in [-0.3, -0.25) is 4.79 Å². The monoisotopic (exact) mass is 600 g/mol. The molecule has 0 heterocycles. The van der Waals surface area contributed by atoms with Crippen LogP contribution in [-0.2, 0) is 10.1 Å². The molecule has 0 radical (unpaired) electrons. The average molecular weight is 600 g/mol. The van der Waals surface area contributed by atoms with E-state index in [9.17, 15) is 13.2 Å². The highest BCUT2D eigenvalue weighted by atomic mass is 127. The molecule has 1 amide bonds. The van der Waals surface area contributed by atoms with E-state index in [1.54, 1.807) is 49.4 Å². The van der Waals surface area contributed by atoms with Crippen molar-refractivity contribution in [3.63, 3.8) is 0 Å². The summed E-state index contributed by atoms with van der Waals surface area (Å²) in [5.41, 5.74) is 3.60. The van der Waals surface area contributed by atoms with E-state index in [0.717, 1.165) is 10.8 Å². The molecule has 7 nitrogen and oxygen atoms in total. The minimum Gasteiger partial charge on any atom is -0.490 e. The lowest BCUT2D eigenvalue weighted by molar-refractivity contribution is 0.0955. The van der Waals surface area contributed by atoms with Gasteiger partial charge in [-0.15, -0.1) is 0 Å². The summed E-state index contributed by atoms with van der Waals surface area (Å²) in [4.78, 5) is 12.6. The smallest absolute Gasteiger partial charge is 0.339 e. The molecule has 4 rings (SSSR count). The first-order chi connectivity index (χ1) is 16.9. The second-order valence-corrected chi connectivity index (χ2v) is 10.1. The summed E-state index contributed by atoms with van der Waals surface area (Å²) in [5.74, 6) is -0.00416. The molecule has 0 aliphatic heterocycles. The van der Waals surface area contributed by atoms with Gasteiger partial charge in [0.25, 0.3) is 5.91 Å². The number of fused-ring (bicyclic) bond motifs is 1. The maximum atomic E-state index is 12.7. The number of hydrogen-bond donors (Lipinski definition) is 1. The number of amides is 1. The molecule has 0 aromatic heterocycles. The SMILES string of the molecule is CCOc1cc(/C=N\NC(=O)c2ccc3ccccc3c2)cc(I)c1OS(=O)(=O)c1ccccc1. The lowest BCUT2D eigenvalue weighted by atomic mass is 10.1. The van der Waals surface area contributed by atoms with Crippen molar-refractivity contribution in [2.24, 2.45) is 5.10 Å². The van der Waals surface area contributed by atoms with Gasteiger partial charge in [-0.1, -0.05) is 48.5 Å². The second kappa shape index (κ2) is 10.9. The first-order valence-electron chi connectivity index (χ1n) is 10.7. The Morgan fingerprint density at radius 1 is 0.971 bits per heavy atom. The molecule has 0 spiro atoms. The van der Waals surface area contributed by atoms with Gasteiger partial charge < -0.3 is 8.92 Å². The quantitative estimate of drug-likeness (QED) is 0.127. The number of nitrogens with one attached hydrogen (secondary N) is 1. The van der Waals surface area contributed by atoms with Crippen molar-refractivity contribution >= 4 is 55.6 Å². The molecule has 178 valence electrons. The Morgan fingerprint density at radius 2 is 1.69 bits per heavy atom. The van der Waals surface area contributed by atoms with Gasteiger partial charge in [-0.25, -0.2) is 5.43 Å². The highest BCUT2D eigenvalue weighted by Gasteiger charge is 2.22. The highest BCUT2D eigenvalue weighted by molar-refractivity contribution is 14.1. The van der Waals surface area contributed by atoms with Crippen molar-refractivity contribution in [1.82, 2.24) is 5.43 Å². The molecule has 0 aliphatic carbocycles. The van der Waals surface area contributed by atoms with Gasteiger partial charge in [0.1, 0.15) is 4.90 Å². The van der Waals surface area contributed by atoms with E-state index >= 15 is 0 Å². The van der Waals surface area contributed by atoms with Crippen LogP contribution in [0.25, 0.3) is 10.8 Å². The number of carbonyl (C=O) groups is 1. The summed E-state index contributed by atoms with van der Waals surface area (Å²) in [5, 5.41) is 6.05. The molecule has 4 aromatic carbocycles. The number of benzene rings is 4. The van der Waals surface area contributed by atoms with Crippen LogP contribution in [0.2, 0.25) is 0 Å². The Hall–Kier alpha value is -3.44. The number of rotatable bonds is 8. The summed E-state index contributed by atoms with van der Waals surface area (Å²) in [6.45, 7) is 2.09. The fourth-order valence-corrected chi connectivity index (χ4v) is 5.17. The Labute approximate surface area is 217 Å². The van der Waals surface area contributed by atoms with Gasteiger partial charge in [-0.05, 0) is 82.2 Å². The summed E-state index contributed by atoms with van der Waals surface area (Å²) < 4.78 is 37.0. The fourth-order valence-electron chi connectivity index (χ4n) is 3.31. The third-order valence-corrected chi connectivity index (χ3v) is 6.98. The van der Waals surface area contributed by atoms with Crippen LogP contribution >= 0.6 is 22.6 Å². The molecule has 0 fully saturated rings. The Bertz CT molecular complexity index is 1510. The molecule has 0 saturated heterocycles. The molecule has 0 atom stereocenters. The lowest BCUT2D eigenvalue weighted by Gasteiger charge is -2.14. The number of hydrazone groups is 1. The number of carbonyl (C=O) groups excluding carboxylic acids is 1. The zero-order chi connectivity index (χ0) is 24.8. The minimum atomic E-state index is -4.04. The van der Waals surface area contributed by atoms with Crippen molar-refractivity contribution in [2.45, 2.75) is 11.8 Å². The van der Waals surface area contributed by atoms with Crippen molar-refractivity contribution in [1.29, 1.82) is 0 Å². The summed E-state index contributed by atoms with van der Waals surface area (Å²) in [7, 11) is -4.04. The number of nitrogens with zero attached hydrogens (tertiary/aromatic N) is 1. The van der Waals surface area contributed by atoms with Crippen LogP contribution in [0.15, 0.2) is 94.9 Å². The van der Waals surface area contributed by atoms with Gasteiger partial charge in [0.05, 0.1) is 16.4 Å². The van der Waals surface area contributed by atoms with E-state index in [2.05, 4.69) is 10.5 Å². The molecule has 0 aliphatic rings. The van der Waals surface area contributed by atoms with E-state index in [0.29, 0.717) is 21.3 Å². The first-order valence-corrected chi connectivity index (χ1v) is 13.1. The van der Waals surface area contributed by atoms with Gasteiger partial charge in [0.2, 0.25) is 0 Å². The molecule has 0 bridgehead atoms. The predicted molar refractivity (Wildman–Crippen MR) is 144 cm³/mol. The maximum Gasteiger partial charge on any atom is 0.339 e. The molecule has 0 saturated carbocycles. The van der Waals surface area contributed by atoms with Crippen LogP contribution in [0, 0.1) is 3.57 Å². The van der Waals surface area contributed by atoms with Crippen LogP contribution in [0.4, 0.5) is 0 Å². The number of halogens is 1. The number of ether oxygens (including phenoxy) is 1. The largest absolute Gasteiger partial charge is 0.490 e. The van der Waals surface area contributed by atoms with Crippen LogP contribution in [0.1, 0.15) is 22.8 Å². The summed E-state index contributed by atoms with van der Waals surface area (Å²) in [6, 6.07) is 24.4. The van der Waals surface area contributed by atoms with Crippen molar-refractivity contribution in [2.75, 3.05) is 6.61 Å². The molecular weight excluding hydrogens is 579 g/mol.